The van der Waals surface area contributed by atoms with E-state index in [1.807, 2.05) is 36.4 Å². The molecule has 0 bridgehead atoms. The van der Waals surface area contributed by atoms with Crippen molar-refractivity contribution in [3.63, 3.8) is 0 Å². The van der Waals surface area contributed by atoms with E-state index < -0.39 is 0 Å². The smallest absolute Gasteiger partial charge is 0.120 e. The molecule has 0 spiro atoms. The summed E-state index contributed by atoms with van der Waals surface area (Å²) in [5, 5.41) is 0. The van der Waals surface area contributed by atoms with Crippen LogP contribution >= 0.6 is 31.9 Å². The summed E-state index contributed by atoms with van der Waals surface area (Å²) in [5.74, 6) is 1.21. The van der Waals surface area contributed by atoms with E-state index >= 15 is 0 Å². The molecule has 0 saturated carbocycles. The number of hydrogen-bond acceptors (Lipinski definition) is 2. The van der Waals surface area contributed by atoms with Gasteiger partial charge >= 0.3 is 0 Å². The Bertz CT molecular complexity index is 542. The SMILES string of the molecule is NCC(CCOc1cccc(Br)c1)c1ccc(Br)cc1. The Hall–Kier alpha value is -0.840. The lowest BCUT2D eigenvalue weighted by Gasteiger charge is -2.16. The Balaban J connectivity index is 1.89. The Morgan fingerprint density at radius 1 is 1.00 bits per heavy atom. The topological polar surface area (TPSA) is 35.2 Å². The average molecular weight is 399 g/mol. The molecule has 0 aromatic heterocycles. The van der Waals surface area contributed by atoms with Crippen LogP contribution in [0, 0.1) is 0 Å². The molecule has 106 valence electrons. The molecule has 2 nitrogen and oxygen atoms in total. The van der Waals surface area contributed by atoms with Crippen LogP contribution in [0.5, 0.6) is 5.75 Å². The minimum absolute atomic E-state index is 0.329. The van der Waals surface area contributed by atoms with E-state index in [1.165, 1.54) is 5.56 Å². The minimum Gasteiger partial charge on any atom is -0.494 e. The largest absolute Gasteiger partial charge is 0.494 e. The summed E-state index contributed by atoms with van der Waals surface area (Å²) in [6.07, 6.45) is 0.907. The first-order valence-electron chi connectivity index (χ1n) is 6.53. The van der Waals surface area contributed by atoms with Crippen molar-refractivity contribution in [2.45, 2.75) is 12.3 Å². The van der Waals surface area contributed by atoms with Gasteiger partial charge in [-0.15, -0.1) is 0 Å². The molecule has 0 heterocycles. The number of halogens is 2. The molecule has 20 heavy (non-hydrogen) atoms. The molecule has 0 aliphatic heterocycles. The molecule has 2 aromatic carbocycles. The van der Waals surface area contributed by atoms with Crippen LogP contribution in [-0.2, 0) is 0 Å². The molecule has 2 N–H and O–H groups in total. The highest BCUT2D eigenvalue weighted by Gasteiger charge is 2.09. The molecule has 0 radical (unpaired) electrons. The molecule has 0 amide bonds. The van der Waals surface area contributed by atoms with Gasteiger partial charge in [-0.1, -0.05) is 50.1 Å². The average Bonchev–Trinajstić information content (AvgIpc) is 2.45. The quantitative estimate of drug-likeness (QED) is 0.763. The van der Waals surface area contributed by atoms with Gasteiger partial charge in [0.15, 0.2) is 0 Å². The molecule has 1 atom stereocenters. The van der Waals surface area contributed by atoms with E-state index in [0.717, 1.165) is 21.1 Å². The molecule has 0 aliphatic carbocycles. The van der Waals surface area contributed by atoms with Crippen LogP contribution in [0.25, 0.3) is 0 Å². The second-order valence-electron chi connectivity index (χ2n) is 4.58. The van der Waals surface area contributed by atoms with Gasteiger partial charge in [0.25, 0.3) is 0 Å². The normalized spacial score (nSPS) is 12.2. The molecule has 4 heteroatoms. The molecule has 2 aromatic rings. The van der Waals surface area contributed by atoms with Crippen molar-refractivity contribution >= 4 is 31.9 Å². The molecular weight excluding hydrogens is 382 g/mol. The number of benzene rings is 2. The van der Waals surface area contributed by atoms with Gasteiger partial charge in [-0.3, -0.25) is 0 Å². The Labute approximate surface area is 136 Å². The van der Waals surface area contributed by atoms with Crippen molar-refractivity contribution in [3.05, 3.63) is 63.0 Å². The molecule has 0 fully saturated rings. The number of nitrogens with two attached hydrogens (primary N) is 1. The number of rotatable bonds is 6. The van der Waals surface area contributed by atoms with Crippen molar-refractivity contribution in [3.8, 4) is 5.75 Å². The first-order valence-corrected chi connectivity index (χ1v) is 8.11. The van der Waals surface area contributed by atoms with Gasteiger partial charge in [0.2, 0.25) is 0 Å². The maximum Gasteiger partial charge on any atom is 0.120 e. The molecule has 0 aliphatic rings. The molecular formula is C16H17Br2NO. The van der Waals surface area contributed by atoms with Crippen LogP contribution in [0.3, 0.4) is 0 Å². The van der Waals surface area contributed by atoms with E-state index in [4.69, 9.17) is 10.5 Å². The second kappa shape index (κ2) is 7.81. The highest BCUT2D eigenvalue weighted by atomic mass is 79.9. The standard InChI is InChI=1S/C16H17Br2NO/c17-14-6-4-12(5-7-14)13(11-19)8-9-20-16-3-1-2-15(18)10-16/h1-7,10,13H,8-9,11,19H2. The Kier molecular flexibility index (Phi) is 6.07. The van der Waals surface area contributed by atoms with Crippen LogP contribution in [-0.4, -0.2) is 13.2 Å². The zero-order valence-electron chi connectivity index (χ0n) is 11.1. The van der Waals surface area contributed by atoms with Gasteiger partial charge in [0.1, 0.15) is 5.75 Å². The van der Waals surface area contributed by atoms with E-state index in [1.54, 1.807) is 0 Å². The summed E-state index contributed by atoms with van der Waals surface area (Å²) in [5.41, 5.74) is 7.13. The summed E-state index contributed by atoms with van der Waals surface area (Å²) in [6, 6.07) is 16.2. The first kappa shape index (κ1) is 15.5. The van der Waals surface area contributed by atoms with Crippen molar-refractivity contribution < 1.29 is 4.74 Å². The molecule has 1 unspecified atom stereocenters. The summed E-state index contributed by atoms with van der Waals surface area (Å²) in [4.78, 5) is 0. The lowest BCUT2D eigenvalue weighted by Crippen LogP contribution is -2.15. The van der Waals surface area contributed by atoms with Crippen LogP contribution in [0.1, 0.15) is 17.9 Å². The van der Waals surface area contributed by atoms with Crippen molar-refractivity contribution in [2.75, 3.05) is 13.2 Å². The Morgan fingerprint density at radius 2 is 1.75 bits per heavy atom. The first-order chi connectivity index (χ1) is 9.69. The predicted molar refractivity (Wildman–Crippen MR) is 90.2 cm³/mol. The van der Waals surface area contributed by atoms with Crippen LogP contribution in [0.15, 0.2) is 57.5 Å². The highest BCUT2D eigenvalue weighted by molar-refractivity contribution is 9.10. The lowest BCUT2D eigenvalue weighted by atomic mass is 9.96. The van der Waals surface area contributed by atoms with Crippen LogP contribution < -0.4 is 10.5 Å². The zero-order valence-corrected chi connectivity index (χ0v) is 14.2. The zero-order chi connectivity index (χ0) is 14.4. The second-order valence-corrected chi connectivity index (χ2v) is 6.41. The third kappa shape index (κ3) is 4.62. The minimum atomic E-state index is 0.329. The predicted octanol–water partition coefficient (Wildman–Crippen LogP) is 4.72. The summed E-state index contributed by atoms with van der Waals surface area (Å²) in [6.45, 7) is 1.29. The fourth-order valence-corrected chi connectivity index (χ4v) is 2.67. The van der Waals surface area contributed by atoms with Crippen molar-refractivity contribution in [2.24, 2.45) is 5.73 Å². The van der Waals surface area contributed by atoms with Crippen molar-refractivity contribution in [1.82, 2.24) is 0 Å². The van der Waals surface area contributed by atoms with Crippen LogP contribution in [0.4, 0.5) is 0 Å². The third-order valence-electron chi connectivity index (χ3n) is 3.16. The highest BCUT2D eigenvalue weighted by Crippen LogP contribution is 2.22. The summed E-state index contributed by atoms with van der Waals surface area (Å²) < 4.78 is 7.88. The van der Waals surface area contributed by atoms with Gasteiger partial charge in [-0.05, 0) is 54.8 Å². The van der Waals surface area contributed by atoms with E-state index in [-0.39, 0.29) is 0 Å². The van der Waals surface area contributed by atoms with Gasteiger partial charge in [0, 0.05) is 8.95 Å². The fraction of sp³-hybridized carbons (Fsp3) is 0.250. The van der Waals surface area contributed by atoms with E-state index in [2.05, 4.69) is 44.0 Å². The maximum atomic E-state index is 5.87. The summed E-state index contributed by atoms with van der Waals surface area (Å²) in [7, 11) is 0. The Morgan fingerprint density at radius 3 is 2.40 bits per heavy atom. The van der Waals surface area contributed by atoms with Gasteiger partial charge in [-0.25, -0.2) is 0 Å². The monoisotopic (exact) mass is 397 g/mol. The molecule has 0 saturated heterocycles. The number of ether oxygens (including phenoxy) is 1. The van der Waals surface area contributed by atoms with Crippen molar-refractivity contribution in [1.29, 1.82) is 0 Å². The van der Waals surface area contributed by atoms with Gasteiger partial charge < -0.3 is 10.5 Å². The van der Waals surface area contributed by atoms with Gasteiger partial charge in [-0.2, -0.15) is 0 Å². The summed E-state index contributed by atoms with van der Waals surface area (Å²) >= 11 is 6.88. The number of hydrogen-bond donors (Lipinski definition) is 1. The third-order valence-corrected chi connectivity index (χ3v) is 4.18. The fourth-order valence-electron chi connectivity index (χ4n) is 2.03. The molecule has 2 rings (SSSR count). The van der Waals surface area contributed by atoms with E-state index in [9.17, 15) is 0 Å². The lowest BCUT2D eigenvalue weighted by molar-refractivity contribution is 0.298. The maximum absolute atomic E-state index is 5.87. The van der Waals surface area contributed by atoms with Gasteiger partial charge in [0.05, 0.1) is 6.61 Å². The van der Waals surface area contributed by atoms with Crippen LogP contribution in [0.2, 0.25) is 0 Å². The van der Waals surface area contributed by atoms with E-state index in [0.29, 0.717) is 19.1 Å².